The molecule has 4 rings (SSSR count). The number of nitrogens with zero attached hydrogens (tertiary/aromatic N) is 1. The fourth-order valence-corrected chi connectivity index (χ4v) is 2.95. The van der Waals surface area contributed by atoms with Crippen molar-refractivity contribution in [2.75, 3.05) is 0 Å². The van der Waals surface area contributed by atoms with Crippen LogP contribution >= 0.6 is 11.6 Å². The van der Waals surface area contributed by atoms with E-state index in [-0.39, 0.29) is 0 Å². The average molecular weight is 365 g/mol. The number of hydroxylamine groups is 1. The summed E-state index contributed by atoms with van der Waals surface area (Å²) in [6.07, 6.45) is 0. The van der Waals surface area contributed by atoms with Crippen molar-refractivity contribution in [2.45, 2.75) is 0 Å². The van der Waals surface area contributed by atoms with Crippen molar-refractivity contribution in [3.8, 4) is 11.5 Å². The predicted octanol–water partition coefficient (Wildman–Crippen LogP) is 4.73. The zero-order chi connectivity index (χ0) is 18.1. The van der Waals surface area contributed by atoms with Gasteiger partial charge in [-0.15, -0.1) is 0 Å². The molecule has 0 unspecified atom stereocenters. The third-order valence-corrected chi connectivity index (χ3v) is 4.27. The first kappa shape index (κ1) is 16.3. The second kappa shape index (κ2) is 6.63. The Kier molecular flexibility index (Phi) is 4.16. The second-order valence-corrected chi connectivity index (χ2v) is 6.13. The average Bonchev–Trinajstić information content (AvgIpc) is 2.84. The van der Waals surface area contributed by atoms with Gasteiger partial charge in [0.2, 0.25) is 0 Å². The van der Waals surface area contributed by atoms with Crippen LogP contribution in [0.3, 0.4) is 0 Å². The van der Waals surface area contributed by atoms with Gasteiger partial charge in [-0.2, -0.15) is 0 Å². The van der Waals surface area contributed by atoms with Crippen LogP contribution in [0.15, 0.2) is 71.7 Å². The monoisotopic (exact) mass is 364 g/mol. The first-order valence-electron chi connectivity index (χ1n) is 7.86. The minimum atomic E-state index is -0.569. The molecule has 1 aliphatic heterocycles. The minimum Gasteiger partial charge on any atom is -0.454 e. The van der Waals surface area contributed by atoms with Gasteiger partial charge in [-0.05, 0) is 42.5 Å². The van der Waals surface area contributed by atoms with Crippen LogP contribution in [0.2, 0.25) is 5.02 Å². The molecule has 0 saturated heterocycles. The normalized spacial score (nSPS) is 12.2. The van der Waals surface area contributed by atoms with E-state index in [4.69, 9.17) is 26.5 Å². The van der Waals surface area contributed by atoms with Crippen LogP contribution in [-0.4, -0.2) is 16.8 Å². The van der Waals surface area contributed by atoms with E-state index in [1.165, 1.54) is 0 Å². The number of nitrogens with one attached hydrogen (secondary N) is 1. The topological polar surface area (TPSA) is 70.9 Å². The molecular formula is C20H13ClN2O3. The molecule has 0 aromatic heterocycles. The summed E-state index contributed by atoms with van der Waals surface area (Å²) in [4.78, 5) is 16.3. The summed E-state index contributed by atoms with van der Waals surface area (Å²) >= 11 is 6.11. The molecule has 0 fully saturated rings. The summed E-state index contributed by atoms with van der Waals surface area (Å²) in [5.74, 6) is 0.734. The van der Waals surface area contributed by atoms with Gasteiger partial charge < -0.3 is 4.74 Å². The SMILES string of the molecule is O=C(NO)c1ccc(C2=Nc3cc(Cl)ccc3Oc3ccccc32)cc1. The van der Waals surface area contributed by atoms with Gasteiger partial charge in [0.1, 0.15) is 11.4 Å². The third-order valence-electron chi connectivity index (χ3n) is 4.04. The molecule has 0 spiro atoms. The van der Waals surface area contributed by atoms with Crippen LogP contribution in [0.1, 0.15) is 21.5 Å². The number of carbonyl (C=O) groups is 1. The Hall–Kier alpha value is -3.15. The largest absolute Gasteiger partial charge is 0.454 e. The van der Waals surface area contributed by atoms with Crippen molar-refractivity contribution in [3.05, 3.63) is 88.4 Å². The van der Waals surface area contributed by atoms with Gasteiger partial charge in [0.15, 0.2) is 5.75 Å². The zero-order valence-corrected chi connectivity index (χ0v) is 14.2. The van der Waals surface area contributed by atoms with E-state index >= 15 is 0 Å². The summed E-state index contributed by atoms with van der Waals surface area (Å²) in [5, 5.41) is 9.32. The highest BCUT2D eigenvalue weighted by Crippen LogP contribution is 2.39. The molecule has 2 N–H and O–H groups in total. The van der Waals surface area contributed by atoms with E-state index < -0.39 is 5.91 Å². The lowest BCUT2D eigenvalue weighted by Crippen LogP contribution is -2.18. The molecule has 0 saturated carbocycles. The van der Waals surface area contributed by atoms with E-state index in [1.54, 1.807) is 47.9 Å². The minimum absolute atomic E-state index is 0.346. The summed E-state index contributed by atoms with van der Waals surface area (Å²) in [6, 6.07) is 19.7. The van der Waals surface area contributed by atoms with Gasteiger partial charge in [0, 0.05) is 21.7 Å². The fraction of sp³-hybridized carbons (Fsp3) is 0. The lowest BCUT2D eigenvalue weighted by Gasteiger charge is -2.10. The molecule has 3 aromatic carbocycles. The number of rotatable bonds is 2. The number of hydrogen-bond acceptors (Lipinski definition) is 4. The first-order valence-corrected chi connectivity index (χ1v) is 8.24. The van der Waals surface area contributed by atoms with Crippen molar-refractivity contribution in [1.29, 1.82) is 0 Å². The fourth-order valence-electron chi connectivity index (χ4n) is 2.78. The molecule has 1 amide bonds. The maximum atomic E-state index is 11.5. The Bertz CT molecular complexity index is 1030. The number of para-hydroxylation sites is 1. The van der Waals surface area contributed by atoms with Crippen molar-refractivity contribution in [2.24, 2.45) is 4.99 Å². The number of benzene rings is 3. The number of ether oxygens (including phenoxy) is 1. The Morgan fingerprint density at radius 3 is 2.54 bits per heavy atom. The standard InChI is InChI=1S/C20H13ClN2O3/c21-14-9-10-18-16(11-14)22-19(15-3-1-2-4-17(15)26-18)12-5-7-13(8-6-12)20(24)23-25/h1-11,25H,(H,23,24). The Morgan fingerprint density at radius 1 is 1.00 bits per heavy atom. The van der Waals surface area contributed by atoms with Crippen LogP contribution in [0.5, 0.6) is 11.5 Å². The molecule has 0 bridgehead atoms. The van der Waals surface area contributed by atoms with Crippen molar-refractivity contribution in [3.63, 3.8) is 0 Å². The molecule has 0 aliphatic carbocycles. The molecule has 0 atom stereocenters. The molecule has 6 heteroatoms. The van der Waals surface area contributed by atoms with Crippen molar-refractivity contribution < 1.29 is 14.7 Å². The van der Waals surface area contributed by atoms with Crippen LogP contribution in [0.25, 0.3) is 0 Å². The molecule has 128 valence electrons. The Balaban J connectivity index is 1.88. The predicted molar refractivity (Wildman–Crippen MR) is 99.0 cm³/mol. The van der Waals surface area contributed by atoms with E-state index in [9.17, 15) is 4.79 Å². The van der Waals surface area contributed by atoms with E-state index in [2.05, 4.69) is 0 Å². The molecule has 1 aliphatic rings. The maximum Gasteiger partial charge on any atom is 0.274 e. The first-order chi connectivity index (χ1) is 12.7. The highest BCUT2D eigenvalue weighted by Gasteiger charge is 2.19. The highest BCUT2D eigenvalue weighted by atomic mass is 35.5. The van der Waals surface area contributed by atoms with Gasteiger partial charge in [-0.25, -0.2) is 10.5 Å². The summed E-state index contributed by atoms with van der Waals surface area (Å²) in [6.45, 7) is 0. The Morgan fingerprint density at radius 2 is 1.77 bits per heavy atom. The molecule has 1 heterocycles. The highest BCUT2D eigenvalue weighted by molar-refractivity contribution is 6.31. The van der Waals surface area contributed by atoms with E-state index in [1.807, 2.05) is 24.3 Å². The third kappa shape index (κ3) is 2.94. The molecule has 3 aromatic rings. The summed E-state index contributed by atoms with van der Waals surface area (Å²) in [5.41, 5.74) is 4.94. The maximum absolute atomic E-state index is 11.5. The van der Waals surface area contributed by atoms with Gasteiger partial charge in [0.25, 0.3) is 5.91 Å². The second-order valence-electron chi connectivity index (χ2n) is 5.69. The van der Waals surface area contributed by atoms with Gasteiger partial charge in [0.05, 0.1) is 5.71 Å². The Labute approximate surface area is 154 Å². The number of amides is 1. The molecule has 5 nitrogen and oxygen atoms in total. The number of carbonyl (C=O) groups excluding carboxylic acids is 1. The van der Waals surface area contributed by atoms with Crippen LogP contribution in [0, 0.1) is 0 Å². The van der Waals surface area contributed by atoms with E-state index in [0.29, 0.717) is 33.5 Å². The van der Waals surface area contributed by atoms with Crippen LogP contribution in [-0.2, 0) is 0 Å². The van der Waals surface area contributed by atoms with Crippen molar-refractivity contribution >= 4 is 28.9 Å². The zero-order valence-electron chi connectivity index (χ0n) is 13.4. The summed E-state index contributed by atoms with van der Waals surface area (Å²) < 4.78 is 6.02. The van der Waals surface area contributed by atoms with Gasteiger partial charge in [-0.1, -0.05) is 35.9 Å². The molecular weight excluding hydrogens is 352 g/mol. The molecule has 0 radical (unpaired) electrons. The van der Waals surface area contributed by atoms with Gasteiger partial charge in [-0.3, -0.25) is 10.0 Å². The smallest absolute Gasteiger partial charge is 0.274 e. The molecule has 26 heavy (non-hydrogen) atoms. The van der Waals surface area contributed by atoms with Crippen LogP contribution < -0.4 is 10.2 Å². The lowest BCUT2D eigenvalue weighted by atomic mass is 10.00. The summed E-state index contributed by atoms with van der Waals surface area (Å²) in [7, 11) is 0. The van der Waals surface area contributed by atoms with Crippen LogP contribution in [0.4, 0.5) is 5.69 Å². The lowest BCUT2D eigenvalue weighted by molar-refractivity contribution is 0.0706. The quantitative estimate of drug-likeness (QED) is 0.399. The number of halogens is 1. The van der Waals surface area contributed by atoms with E-state index in [0.717, 1.165) is 11.1 Å². The number of aliphatic imine (C=N–C) groups is 1. The number of fused-ring (bicyclic) bond motifs is 2. The van der Waals surface area contributed by atoms with Gasteiger partial charge >= 0.3 is 0 Å². The number of hydrogen-bond donors (Lipinski definition) is 2. The van der Waals surface area contributed by atoms with Crippen molar-refractivity contribution in [1.82, 2.24) is 5.48 Å².